The van der Waals surface area contributed by atoms with Crippen molar-refractivity contribution in [2.75, 3.05) is 23.8 Å². The molecule has 0 radical (unpaired) electrons. The maximum absolute atomic E-state index is 4.23. The molecule has 4 heteroatoms. The Kier molecular flexibility index (Phi) is 5.03. The molecule has 23 heavy (non-hydrogen) atoms. The van der Waals surface area contributed by atoms with Gasteiger partial charge in [0.25, 0.3) is 0 Å². The van der Waals surface area contributed by atoms with Crippen LogP contribution >= 0.6 is 23.5 Å². The highest BCUT2D eigenvalue weighted by Gasteiger charge is 2.21. The Bertz CT molecular complexity index is 753. The number of nitrogens with one attached hydrogen (secondary N) is 1. The zero-order chi connectivity index (χ0) is 16.2. The van der Waals surface area contributed by atoms with Crippen molar-refractivity contribution >= 4 is 34.9 Å². The first-order chi connectivity index (χ1) is 11.2. The fourth-order valence-corrected chi connectivity index (χ4v) is 4.49. The molecule has 3 rings (SSSR count). The van der Waals surface area contributed by atoms with Gasteiger partial charge in [0.1, 0.15) is 0 Å². The molecule has 2 nitrogen and oxygen atoms in total. The fourth-order valence-electron chi connectivity index (χ4n) is 2.45. The molecule has 0 aromatic heterocycles. The van der Waals surface area contributed by atoms with Gasteiger partial charge in [0.05, 0.1) is 10.7 Å². The number of thioether (sulfide) groups is 2. The second kappa shape index (κ2) is 7.20. The van der Waals surface area contributed by atoms with Crippen LogP contribution in [0.4, 0.5) is 11.4 Å². The lowest BCUT2D eigenvalue weighted by Gasteiger charge is -2.14. The van der Waals surface area contributed by atoms with E-state index in [2.05, 4.69) is 85.4 Å². The van der Waals surface area contributed by atoms with Crippen molar-refractivity contribution in [1.29, 1.82) is 0 Å². The number of hydrogen-bond donors (Lipinski definition) is 1. The van der Waals surface area contributed by atoms with Crippen LogP contribution in [0.2, 0.25) is 0 Å². The summed E-state index contributed by atoms with van der Waals surface area (Å²) >= 11 is 3.50. The summed E-state index contributed by atoms with van der Waals surface area (Å²) in [5, 5.41) is 4.61. The van der Waals surface area contributed by atoms with E-state index in [1.165, 1.54) is 20.5 Å². The van der Waals surface area contributed by atoms with Gasteiger partial charge in [0, 0.05) is 34.0 Å². The number of nitrogens with zero attached hydrogens (tertiary/aromatic N) is 1. The van der Waals surface area contributed by atoms with Gasteiger partial charge in [-0.15, -0.1) is 0 Å². The molecule has 1 aliphatic heterocycles. The predicted molar refractivity (Wildman–Crippen MR) is 104 cm³/mol. The average Bonchev–Trinajstić information content (AvgIpc) is 2.86. The summed E-state index contributed by atoms with van der Waals surface area (Å²) < 4.78 is 0. The van der Waals surface area contributed by atoms with E-state index in [-0.39, 0.29) is 0 Å². The van der Waals surface area contributed by atoms with E-state index in [1.807, 2.05) is 0 Å². The van der Waals surface area contributed by atoms with Gasteiger partial charge in [-0.2, -0.15) is 0 Å². The molecular weight excluding hydrogens is 320 g/mol. The van der Waals surface area contributed by atoms with Gasteiger partial charge in [-0.1, -0.05) is 54.4 Å². The van der Waals surface area contributed by atoms with Crippen molar-refractivity contribution in [3.63, 3.8) is 0 Å². The van der Waals surface area contributed by atoms with Gasteiger partial charge >= 0.3 is 0 Å². The minimum Gasteiger partial charge on any atom is -0.384 e. The largest absolute Gasteiger partial charge is 0.384 e. The number of para-hydroxylation sites is 2. The van der Waals surface area contributed by atoms with Gasteiger partial charge in [-0.25, -0.2) is 0 Å². The first-order valence-electron chi connectivity index (χ1n) is 7.61. The lowest BCUT2D eigenvalue weighted by Crippen LogP contribution is -2.09. The van der Waals surface area contributed by atoms with Crippen LogP contribution in [-0.4, -0.2) is 13.6 Å². The van der Waals surface area contributed by atoms with Crippen molar-refractivity contribution in [3.8, 4) is 0 Å². The molecule has 0 saturated heterocycles. The molecule has 0 fully saturated rings. The second-order valence-electron chi connectivity index (χ2n) is 5.21. The molecule has 118 valence electrons. The van der Waals surface area contributed by atoms with Gasteiger partial charge in [-0.3, -0.25) is 0 Å². The van der Waals surface area contributed by atoms with E-state index in [0.717, 1.165) is 17.1 Å². The van der Waals surface area contributed by atoms with Crippen LogP contribution in [0.5, 0.6) is 0 Å². The Balaban J connectivity index is 1.76. The lowest BCUT2D eigenvalue weighted by molar-refractivity contribution is 1.17. The molecule has 1 aliphatic rings. The van der Waals surface area contributed by atoms with Crippen LogP contribution in [-0.2, 0) is 0 Å². The number of anilines is 2. The third-order valence-electron chi connectivity index (χ3n) is 3.55. The number of hydrogen-bond acceptors (Lipinski definition) is 4. The minimum atomic E-state index is 0.916. The Hall–Kier alpha value is -1.78. The SMILES string of the molecule is C=C(C=C1Sc2ccccc2N1C)Sc1ccccc1NCC. The molecule has 0 aliphatic carbocycles. The number of rotatable bonds is 5. The normalized spacial score (nSPS) is 14.9. The quantitative estimate of drug-likeness (QED) is 0.691. The lowest BCUT2D eigenvalue weighted by atomic mass is 10.3. The van der Waals surface area contributed by atoms with Crippen molar-refractivity contribution < 1.29 is 0 Å². The molecular formula is C19H20N2S2. The third-order valence-corrected chi connectivity index (χ3v) is 5.67. The number of benzene rings is 2. The van der Waals surface area contributed by atoms with Gasteiger partial charge < -0.3 is 10.2 Å². The average molecular weight is 341 g/mol. The second-order valence-corrected chi connectivity index (χ2v) is 7.44. The highest BCUT2D eigenvalue weighted by Crippen LogP contribution is 2.46. The van der Waals surface area contributed by atoms with Crippen LogP contribution < -0.4 is 10.2 Å². The van der Waals surface area contributed by atoms with Crippen molar-refractivity contribution in [1.82, 2.24) is 0 Å². The summed E-state index contributed by atoms with van der Waals surface area (Å²) in [5.41, 5.74) is 2.42. The van der Waals surface area contributed by atoms with E-state index >= 15 is 0 Å². The third kappa shape index (κ3) is 3.59. The molecule has 2 aromatic rings. The van der Waals surface area contributed by atoms with Crippen molar-refractivity contribution in [2.45, 2.75) is 16.7 Å². The molecule has 0 atom stereocenters. The Labute approximate surface area is 146 Å². The molecule has 2 aromatic carbocycles. The predicted octanol–water partition coefficient (Wildman–Crippen LogP) is 5.81. The van der Waals surface area contributed by atoms with E-state index in [1.54, 1.807) is 23.5 Å². The smallest absolute Gasteiger partial charge is 0.0810 e. The van der Waals surface area contributed by atoms with Gasteiger partial charge in [0.15, 0.2) is 0 Å². The van der Waals surface area contributed by atoms with Crippen LogP contribution in [0, 0.1) is 0 Å². The first kappa shape index (κ1) is 16.1. The summed E-state index contributed by atoms with van der Waals surface area (Å²) in [6.07, 6.45) is 2.16. The molecule has 0 bridgehead atoms. The van der Waals surface area contributed by atoms with Gasteiger partial charge in [0.2, 0.25) is 0 Å². The van der Waals surface area contributed by atoms with Crippen molar-refractivity contribution in [3.05, 3.63) is 71.1 Å². The minimum absolute atomic E-state index is 0.916. The summed E-state index contributed by atoms with van der Waals surface area (Å²) in [7, 11) is 2.11. The standard InChI is InChI=1S/C19H20N2S2/c1-4-20-15-9-5-7-11-17(15)22-14(2)13-19-21(3)16-10-6-8-12-18(16)23-19/h5-13,20H,2,4H2,1,3H3. The van der Waals surface area contributed by atoms with Crippen LogP contribution in [0.15, 0.2) is 80.9 Å². The summed E-state index contributed by atoms with van der Waals surface area (Å²) in [6.45, 7) is 7.26. The van der Waals surface area contributed by atoms with E-state index in [9.17, 15) is 0 Å². The van der Waals surface area contributed by atoms with E-state index in [0.29, 0.717) is 0 Å². The Morgan fingerprint density at radius 3 is 2.74 bits per heavy atom. The fraction of sp³-hybridized carbons (Fsp3) is 0.158. The molecule has 1 heterocycles. The first-order valence-corrected chi connectivity index (χ1v) is 9.24. The van der Waals surface area contributed by atoms with Crippen molar-refractivity contribution in [2.24, 2.45) is 0 Å². The van der Waals surface area contributed by atoms with Gasteiger partial charge in [-0.05, 0) is 37.3 Å². The monoisotopic (exact) mass is 340 g/mol. The van der Waals surface area contributed by atoms with Crippen LogP contribution in [0.1, 0.15) is 6.92 Å². The molecule has 0 unspecified atom stereocenters. The number of fused-ring (bicyclic) bond motifs is 1. The Morgan fingerprint density at radius 2 is 1.96 bits per heavy atom. The topological polar surface area (TPSA) is 15.3 Å². The number of allylic oxidation sites excluding steroid dienone is 1. The summed E-state index contributed by atoms with van der Waals surface area (Å²) in [4.78, 5) is 5.77. The maximum atomic E-state index is 4.23. The molecule has 0 saturated carbocycles. The zero-order valence-corrected chi connectivity index (χ0v) is 15.0. The summed E-state index contributed by atoms with van der Waals surface area (Å²) in [5.74, 6) is 0. The zero-order valence-electron chi connectivity index (χ0n) is 13.4. The molecule has 1 N–H and O–H groups in total. The van der Waals surface area contributed by atoms with Crippen LogP contribution in [0.25, 0.3) is 0 Å². The van der Waals surface area contributed by atoms with Crippen LogP contribution in [0.3, 0.4) is 0 Å². The van der Waals surface area contributed by atoms with E-state index in [4.69, 9.17) is 0 Å². The van der Waals surface area contributed by atoms with E-state index < -0.39 is 0 Å². The maximum Gasteiger partial charge on any atom is 0.0810 e. The summed E-state index contributed by atoms with van der Waals surface area (Å²) in [6, 6.07) is 16.8. The Morgan fingerprint density at radius 1 is 1.22 bits per heavy atom. The molecule has 0 spiro atoms. The molecule has 0 amide bonds. The highest BCUT2D eigenvalue weighted by atomic mass is 32.2. The highest BCUT2D eigenvalue weighted by molar-refractivity contribution is 8.04.